The van der Waals surface area contributed by atoms with Crippen LogP contribution in [0.25, 0.3) is 11.5 Å². The molecule has 0 bridgehead atoms. The van der Waals surface area contributed by atoms with Gasteiger partial charge in [0, 0.05) is 6.07 Å². The molecule has 0 unspecified atom stereocenters. The molecule has 6 nitrogen and oxygen atoms in total. The summed E-state index contributed by atoms with van der Waals surface area (Å²) in [6.45, 7) is 0. The number of methoxy groups -OCH3 is 1. The molecule has 0 spiro atoms. The third kappa shape index (κ3) is 3.01. The molecule has 0 aliphatic carbocycles. The van der Waals surface area contributed by atoms with Crippen molar-refractivity contribution in [2.45, 2.75) is 5.16 Å². The van der Waals surface area contributed by atoms with Gasteiger partial charge in [-0.15, -0.1) is 0 Å². The predicted octanol–water partition coefficient (Wildman–Crippen LogP) is 1.92. The molecule has 0 aliphatic rings. The first kappa shape index (κ1) is 12.4. The van der Waals surface area contributed by atoms with Gasteiger partial charge in [0.2, 0.25) is 5.88 Å². The van der Waals surface area contributed by atoms with Crippen molar-refractivity contribution in [1.82, 2.24) is 9.97 Å². The number of carboxylic acids is 1. The zero-order chi connectivity index (χ0) is 13.0. The Labute approximate surface area is 107 Å². The Morgan fingerprint density at radius 2 is 2.39 bits per heavy atom. The van der Waals surface area contributed by atoms with Crippen molar-refractivity contribution in [3.05, 3.63) is 24.5 Å². The zero-order valence-corrected chi connectivity index (χ0v) is 10.3. The van der Waals surface area contributed by atoms with Crippen LogP contribution in [0.5, 0.6) is 5.88 Å². The van der Waals surface area contributed by atoms with Crippen LogP contribution in [0, 0.1) is 0 Å². The first-order chi connectivity index (χ1) is 8.69. The molecule has 7 heteroatoms. The Morgan fingerprint density at radius 1 is 1.56 bits per heavy atom. The van der Waals surface area contributed by atoms with Gasteiger partial charge >= 0.3 is 5.97 Å². The van der Waals surface area contributed by atoms with Crippen LogP contribution in [-0.4, -0.2) is 33.9 Å². The van der Waals surface area contributed by atoms with Gasteiger partial charge in [0.1, 0.15) is 5.69 Å². The van der Waals surface area contributed by atoms with Gasteiger partial charge in [-0.05, 0) is 12.1 Å². The molecule has 0 saturated carbocycles. The lowest BCUT2D eigenvalue weighted by molar-refractivity contribution is -0.133. The average Bonchev–Trinajstić information content (AvgIpc) is 2.89. The van der Waals surface area contributed by atoms with Crippen LogP contribution in [0.3, 0.4) is 0 Å². The molecule has 0 saturated heterocycles. The van der Waals surface area contributed by atoms with E-state index < -0.39 is 5.97 Å². The molecule has 0 amide bonds. The Kier molecular flexibility index (Phi) is 3.83. The minimum Gasteiger partial charge on any atom is -0.481 e. The number of furan rings is 1. The number of thioether (sulfide) groups is 1. The number of hydrogen-bond donors (Lipinski definition) is 1. The van der Waals surface area contributed by atoms with Gasteiger partial charge in [-0.25, -0.2) is 4.98 Å². The van der Waals surface area contributed by atoms with Crippen molar-refractivity contribution in [3.63, 3.8) is 0 Å². The standard InChI is InChI=1S/C11H10N2O4S/c1-16-9-5-7(8-3-2-4-17-8)12-11(13-9)18-6-10(14)15/h2-5H,6H2,1H3,(H,14,15). The quantitative estimate of drug-likeness (QED) is 0.653. The number of rotatable bonds is 5. The van der Waals surface area contributed by atoms with Crippen molar-refractivity contribution in [3.8, 4) is 17.3 Å². The van der Waals surface area contributed by atoms with Crippen LogP contribution in [0.1, 0.15) is 0 Å². The third-order valence-corrected chi connectivity index (χ3v) is 2.82. The fourth-order valence-corrected chi connectivity index (χ4v) is 1.82. The minimum absolute atomic E-state index is 0.106. The van der Waals surface area contributed by atoms with Crippen LogP contribution in [0.4, 0.5) is 0 Å². The van der Waals surface area contributed by atoms with E-state index in [1.807, 2.05) is 0 Å². The van der Waals surface area contributed by atoms with Gasteiger partial charge in [-0.2, -0.15) is 4.98 Å². The number of aromatic nitrogens is 2. The second-order valence-corrected chi connectivity index (χ2v) is 4.18. The average molecular weight is 266 g/mol. The lowest BCUT2D eigenvalue weighted by Crippen LogP contribution is -2.00. The summed E-state index contributed by atoms with van der Waals surface area (Å²) in [7, 11) is 1.49. The Balaban J connectivity index is 2.30. The molecule has 18 heavy (non-hydrogen) atoms. The first-order valence-corrected chi connectivity index (χ1v) is 5.99. The Morgan fingerprint density at radius 3 is 3.00 bits per heavy atom. The lowest BCUT2D eigenvalue weighted by atomic mass is 10.3. The largest absolute Gasteiger partial charge is 0.481 e. The third-order valence-electron chi connectivity index (χ3n) is 1.99. The van der Waals surface area contributed by atoms with E-state index in [-0.39, 0.29) is 5.75 Å². The van der Waals surface area contributed by atoms with Crippen LogP contribution >= 0.6 is 11.8 Å². The van der Waals surface area contributed by atoms with Crippen molar-refractivity contribution in [2.24, 2.45) is 0 Å². The van der Waals surface area contributed by atoms with Crippen LogP contribution in [0.15, 0.2) is 34.0 Å². The molecule has 2 aromatic heterocycles. The molecule has 2 aromatic rings. The summed E-state index contributed by atoms with van der Waals surface area (Å²) >= 11 is 1.03. The molecule has 0 atom stereocenters. The number of ether oxygens (including phenoxy) is 1. The molecule has 0 radical (unpaired) electrons. The molecule has 94 valence electrons. The molecule has 0 aliphatic heterocycles. The van der Waals surface area contributed by atoms with E-state index in [9.17, 15) is 4.79 Å². The predicted molar refractivity (Wildman–Crippen MR) is 64.6 cm³/mol. The number of carbonyl (C=O) groups is 1. The second kappa shape index (κ2) is 5.54. The molecule has 2 heterocycles. The highest BCUT2D eigenvalue weighted by Crippen LogP contribution is 2.24. The van der Waals surface area contributed by atoms with E-state index in [0.717, 1.165) is 11.8 Å². The second-order valence-electron chi connectivity index (χ2n) is 3.24. The maximum atomic E-state index is 10.5. The summed E-state index contributed by atoms with van der Waals surface area (Å²) in [6, 6.07) is 5.13. The summed E-state index contributed by atoms with van der Waals surface area (Å²) < 4.78 is 10.3. The van der Waals surface area contributed by atoms with Gasteiger partial charge in [0.25, 0.3) is 0 Å². The van der Waals surface area contributed by atoms with Crippen molar-refractivity contribution < 1.29 is 19.1 Å². The summed E-state index contributed by atoms with van der Waals surface area (Å²) in [4.78, 5) is 18.8. The van der Waals surface area contributed by atoms with Gasteiger partial charge in [-0.3, -0.25) is 4.79 Å². The highest BCUT2D eigenvalue weighted by atomic mass is 32.2. The number of hydrogen-bond acceptors (Lipinski definition) is 6. The first-order valence-electron chi connectivity index (χ1n) is 5.00. The van der Waals surface area contributed by atoms with E-state index >= 15 is 0 Å². The van der Waals surface area contributed by atoms with E-state index in [1.54, 1.807) is 18.2 Å². The summed E-state index contributed by atoms with van der Waals surface area (Å²) in [5, 5.41) is 8.96. The van der Waals surface area contributed by atoms with Gasteiger partial charge < -0.3 is 14.3 Å². The van der Waals surface area contributed by atoms with Crippen molar-refractivity contribution in [2.75, 3.05) is 12.9 Å². The molecular weight excluding hydrogens is 256 g/mol. The fourth-order valence-electron chi connectivity index (χ4n) is 1.25. The topological polar surface area (TPSA) is 85.5 Å². The van der Waals surface area contributed by atoms with Crippen LogP contribution in [-0.2, 0) is 4.79 Å². The van der Waals surface area contributed by atoms with Crippen LogP contribution < -0.4 is 4.74 Å². The molecule has 1 N–H and O–H groups in total. The van der Waals surface area contributed by atoms with Crippen molar-refractivity contribution in [1.29, 1.82) is 0 Å². The monoisotopic (exact) mass is 266 g/mol. The maximum absolute atomic E-state index is 10.5. The van der Waals surface area contributed by atoms with E-state index in [1.165, 1.54) is 13.4 Å². The number of aliphatic carboxylic acids is 1. The maximum Gasteiger partial charge on any atom is 0.313 e. The van der Waals surface area contributed by atoms with Gasteiger partial charge in [0.15, 0.2) is 10.9 Å². The fraction of sp³-hybridized carbons (Fsp3) is 0.182. The van der Waals surface area contributed by atoms with E-state index in [2.05, 4.69) is 9.97 Å². The highest BCUT2D eigenvalue weighted by Gasteiger charge is 2.10. The lowest BCUT2D eigenvalue weighted by Gasteiger charge is -2.04. The zero-order valence-electron chi connectivity index (χ0n) is 9.49. The minimum atomic E-state index is -0.925. The van der Waals surface area contributed by atoms with Gasteiger partial charge in [-0.1, -0.05) is 11.8 Å². The number of carboxylic acid groups (broad SMARTS) is 1. The van der Waals surface area contributed by atoms with E-state index in [0.29, 0.717) is 22.5 Å². The molecular formula is C11H10N2O4S. The molecule has 0 aromatic carbocycles. The van der Waals surface area contributed by atoms with Gasteiger partial charge in [0.05, 0.1) is 19.1 Å². The Bertz CT molecular complexity index is 542. The Hall–Kier alpha value is -2.02. The van der Waals surface area contributed by atoms with Crippen molar-refractivity contribution >= 4 is 17.7 Å². The SMILES string of the molecule is COc1cc(-c2ccco2)nc(SCC(=O)O)n1. The number of nitrogens with zero attached hydrogens (tertiary/aromatic N) is 2. The molecule has 2 rings (SSSR count). The van der Waals surface area contributed by atoms with E-state index in [4.69, 9.17) is 14.3 Å². The molecule has 0 fully saturated rings. The normalized spacial score (nSPS) is 10.3. The van der Waals surface area contributed by atoms with Crippen LogP contribution in [0.2, 0.25) is 0 Å². The highest BCUT2D eigenvalue weighted by molar-refractivity contribution is 7.99. The summed E-state index contributed by atoms with van der Waals surface area (Å²) in [6.07, 6.45) is 1.54. The summed E-state index contributed by atoms with van der Waals surface area (Å²) in [5.74, 6) is -0.0896. The smallest absolute Gasteiger partial charge is 0.313 e. The summed E-state index contributed by atoms with van der Waals surface area (Å²) in [5.41, 5.74) is 0.555.